The highest BCUT2D eigenvalue weighted by atomic mass is 16.5. The van der Waals surface area contributed by atoms with Crippen molar-refractivity contribution in [1.29, 1.82) is 0 Å². The number of hydrogen-bond acceptors (Lipinski definition) is 16. The summed E-state index contributed by atoms with van der Waals surface area (Å²) in [7, 11) is 0. The van der Waals surface area contributed by atoms with E-state index in [-0.39, 0.29) is 76.3 Å². The molecule has 0 bridgehead atoms. The number of H-pyrrole nitrogens is 2. The molecule has 1 aromatic carbocycles. The van der Waals surface area contributed by atoms with Gasteiger partial charge in [-0.25, -0.2) is 14.8 Å². The Morgan fingerprint density at radius 2 is 1.16 bits per heavy atom. The summed E-state index contributed by atoms with van der Waals surface area (Å²) in [4.78, 5) is 172. The zero-order valence-corrected chi connectivity index (χ0v) is 53.0. The summed E-state index contributed by atoms with van der Waals surface area (Å²) in [6, 6.07) is -2.23. The van der Waals surface area contributed by atoms with Gasteiger partial charge in [-0.15, -0.1) is 0 Å². The number of nitrogens with one attached hydrogen (secondary N) is 10. The lowest BCUT2D eigenvalue weighted by molar-refractivity contribution is -0.605. The Labute approximate surface area is 537 Å². The third-order valence-electron chi connectivity index (χ3n) is 15.6. The smallest absolute Gasteiger partial charge is 0.326 e. The van der Waals surface area contributed by atoms with E-state index < -0.39 is 144 Å². The SMILES string of the molecule is CCC(C)[C@H](NC(=O)[C@@H](Cc1cc[n+]([O-])cc1)NC(=O)[C@@H](NC(=O)[C@H](CCCN=C(N)N)NC(=O)[C@@H](N)CC(=O)O)C(C)C)C(=O)N[C@@H](Cc1cnc[nH]1)C(=O)N1CCC[C@H]1C(=O)N[C@@H](Cc1ccccc1)C(=O)N[C@@H](Cc1cnc[nH]1)C(=O)N[C@@H](CC(C)C)C(=O)O. The van der Waals surface area contributed by atoms with Gasteiger partial charge in [-0.2, -0.15) is 4.73 Å². The number of likely N-dealkylation sites (tertiary alicyclic amines) is 1. The molecule has 506 valence electrons. The van der Waals surface area contributed by atoms with Gasteiger partial charge in [-0.3, -0.25) is 52.9 Å². The van der Waals surface area contributed by atoms with Gasteiger partial charge in [0.2, 0.25) is 53.2 Å². The van der Waals surface area contributed by atoms with Crippen molar-refractivity contribution < 1.29 is 67.7 Å². The third kappa shape index (κ3) is 23.6. The number of imidazole rings is 2. The highest BCUT2D eigenvalue weighted by Gasteiger charge is 2.42. The van der Waals surface area contributed by atoms with Crippen LogP contribution in [0.5, 0.6) is 0 Å². The van der Waals surface area contributed by atoms with E-state index in [9.17, 15) is 63.4 Å². The number of nitrogens with zero attached hydrogens (tertiary/aromatic N) is 5. The van der Waals surface area contributed by atoms with Gasteiger partial charge < -0.3 is 90.0 Å². The summed E-state index contributed by atoms with van der Waals surface area (Å²) in [6.45, 7) is 10.3. The quantitative estimate of drug-likeness (QED) is 0.00735. The maximum absolute atomic E-state index is 15.1. The predicted octanol–water partition coefficient (Wildman–Crippen LogP) is -2.41. The van der Waals surface area contributed by atoms with Crippen LogP contribution in [0.15, 0.2) is 84.9 Å². The van der Waals surface area contributed by atoms with Gasteiger partial charge >= 0.3 is 11.9 Å². The van der Waals surface area contributed by atoms with Crippen molar-refractivity contribution in [3.63, 3.8) is 0 Å². The lowest BCUT2D eigenvalue weighted by atomic mass is 9.96. The fourth-order valence-electron chi connectivity index (χ4n) is 10.3. The van der Waals surface area contributed by atoms with Gasteiger partial charge in [-0.05, 0) is 61.0 Å². The molecular weight excluding hydrogens is 1210 g/mol. The van der Waals surface area contributed by atoms with Crippen LogP contribution in [-0.2, 0) is 78.4 Å². The molecule has 11 atom stereocenters. The van der Waals surface area contributed by atoms with E-state index in [1.165, 1.54) is 54.5 Å². The Bertz CT molecular complexity index is 3180. The molecular formula is C61H88N18O14. The second-order valence-electron chi connectivity index (χ2n) is 23.8. The van der Waals surface area contributed by atoms with Crippen LogP contribution < -0.4 is 64.5 Å². The van der Waals surface area contributed by atoms with Crippen molar-refractivity contribution in [2.75, 3.05) is 13.1 Å². The molecule has 0 saturated carbocycles. The zero-order valence-electron chi connectivity index (χ0n) is 53.0. The largest absolute Gasteiger partial charge is 0.619 e. The molecule has 18 N–H and O–H groups in total. The topological polar surface area (TPSA) is 502 Å². The molecule has 32 nitrogen and oxygen atoms in total. The van der Waals surface area contributed by atoms with E-state index in [2.05, 4.69) is 67.5 Å². The first-order chi connectivity index (χ1) is 44.1. The maximum Gasteiger partial charge on any atom is 0.326 e. The third-order valence-corrected chi connectivity index (χ3v) is 15.6. The van der Waals surface area contributed by atoms with Crippen molar-refractivity contribution in [2.24, 2.45) is 39.9 Å². The summed E-state index contributed by atoms with van der Waals surface area (Å²) in [5, 5.41) is 52.7. The average molecular weight is 1300 g/mol. The number of hydrogen-bond donors (Lipinski definition) is 15. The van der Waals surface area contributed by atoms with E-state index in [1.807, 2.05) is 0 Å². The molecule has 1 saturated heterocycles. The first kappa shape index (κ1) is 73.7. The number of nitrogens with two attached hydrogens (primary N) is 3. The van der Waals surface area contributed by atoms with E-state index in [4.69, 9.17) is 17.2 Å². The number of aromatic nitrogens is 5. The molecule has 1 unspecified atom stereocenters. The van der Waals surface area contributed by atoms with Crippen LogP contribution in [0.3, 0.4) is 0 Å². The summed E-state index contributed by atoms with van der Waals surface area (Å²) in [5.41, 5.74) is 18.6. The molecule has 4 aromatic rings. The van der Waals surface area contributed by atoms with Crippen LogP contribution in [0.25, 0.3) is 0 Å². The number of guanidine groups is 1. The summed E-state index contributed by atoms with van der Waals surface area (Å²) >= 11 is 0. The average Bonchev–Trinajstić information content (AvgIpc) is 1.81. The van der Waals surface area contributed by atoms with Gasteiger partial charge in [-0.1, -0.05) is 78.3 Å². The van der Waals surface area contributed by atoms with E-state index in [0.717, 1.165) is 0 Å². The highest BCUT2D eigenvalue weighted by molar-refractivity contribution is 5.99. The Kier molecular flexibility index (Phi) is 28.6. The first-order valence-corrected chi connectivity index (χ1v) is 30.8. The fraction of sp³-hybridized carbons (Fsp3) is 0.525. The Morgan fingerprint density at radius 3 is 1.71 bits per heavy atom. The molecule has 9 amide bonds. The number of aliphatic imine (C=N–C) groups is 1. The van der Waals surface area contributed by atoms with Gasteiger partial charge in [0.15, 0.2) is 18.4 Å². The van der Waals surface area contributed by atoms with Crippen LogP contribution in [0.4, 0.5) is 0 Å². The van der Waals surface area contributed by atoms with Gasteiger partial charge in [0.05, 0.1) is 25.1 Å². The van der Waals surface area contributed by atoms with Crippen LogP contribution >= 0.6 is 0 Å². The van der Waals surface area contributed by atoms with E-state index in [0.29, 0.717) is 40.1 Å². The maximum atomic E-state index is 15.1. The number of carboxylic acids is 2. The predicted molar refractivity (Wildman–Crippen MR) is 336 cm³/mol. The molecule has 0 radical (unpaired) electrons. The molecule has 0 aliphatic carbocycles. The zero-order chi connectivity index (χ0) is 68.5. The highest BCUT2D eigenvalue weighted by Crippen LogP contribution is 2.22. The summed E-state index contributed by atoms with van der Waals surface area (Å²) in [6.07, 6.45) is 7.49. The molecule has 5 rings (SSSR count). The van der Waals surface area contributed by atoms with Gasteiger partial charge in [0.25, 0.3) is 0 Å². The first-order valence-electron chi connectivity index (χ1n) is 30.8. The Morgan fingerprint density at radius 1 is 0.656 bits per heavy atom. The molecule has 1 fully saturated rings. The normalized spacial score (nSPS) is 16.1. The molecule has 1 aliphatic rings. The summed E-state index contributed by atoms with van der Waals surface area (Å²) < 4.78 is 0.506. The second kappa shape index (κ2) is 36.1. The number of aliphatic carboxylic acids is 2. The van der Waals surface area contributed by atoms with E-state index in [1.54, 1.807) is 71.9 Å². The van der Waals surface area contributed by atoms with Crippen molar-refractivity contribution in [1.82, 2.24) is 67.4 Å². The molecule has 93 heavy (non-hydrogen) atoms. The number of rotatable bonds is 37. The minimum absolute atomic E-state index is 0.0371. The lowest BCUT2D eigenvalue weighted by Gasteiger charge is -2.32. The number of pyridine rings is 1. The Balaban J connectivity index is 1.40. The molecule has 32 heteroatoms. The minimum Gasteiger partial charge on any atom is -0.619 e. The van der Waals surface area contributed by atoms with Crippen molar-refractivity contribution in [2.45, 2.75) is 173 Å². The minimum atomic E-state index is -1.54. The summed E-state index contributed by atoms with van der Waals surface area (Å²) in [5.74, 6) is -11.8. The number of aromatic amines is 2. The van der Waals surface area contributed by atoms with Crippen LogP contribution in [0.1, 0.15) is 109 Å². The number of carbonyl (C=O) groups excluding carboxylic acids is 9. The van der Waals surface area contributed by atoms with Gasteiger partial charge in [0, 0.05) is 74.7 Å². The number of carbonyl (C=O) groups is 11. The Hall–Kier alpha value is -10.0. The fourth-order valence-corrected chi connectivity index (χ4v) is 10.3. The van der Waals surface area contributed by atoms with Crippen molar-refractivity contribution in [3.8, 4) is 0 Å². The van der Waals surface area contributed by atoms with Crippen LogP contribution in [0, 0.1) is 23.0 Å². The standard InChI is InChI=1S/C61H88N18O14/c1-7-35(6)50(77-55(86)43(25-37-17-21-78(93)22-18-37)73-57(88)49(34(4)5)76-52(83)41(15-11-19-67-61(63)64)70-51(82)40(62)28-48(80)81)58(89)74-45(27-39-30-66-32-69-39)59(90)79-20-12-16-47(79)56(87)72-42(24-36-13-9-8-10-14-36)53(84)71-44(26-38-29-65-31-68-38)54(85)75-46(60(91)92)23-33(2)3/h8-10,13-14,17-18,21-22,29-35,40-47,49-50H,7,11-12,15-16,19-20,23-28,62H2,1-6H3,(H,65,68)(H,66,69)(H,70,82)(H,71,84)(H,72,87)(H,73,88)(H,74,89)(H,75,85)(H,76,83)(H,77,86)(H,80,81)(H,91,92)(H4,63,64,67)/t35?,40-,41-,42-,43+,44-,45-,46-,47-,49-,50-/m0/s1. The number of carboxylic acid groups (broad SMARTS) is 2. The molecule has 4 heterocycles. The molecule has 3 aromatic heterocycles. The molecule has 0 spiro atoms. The van der Waals surface area contributed by atoms with Crippen molar-refractivity contribution >= 4 is 71.1 Å². The number of amides is 9. The van der Waals surface area contributed by atoms with Crippen molar-refractivity contribution in [3.05, 3.63) is 108 Å². The lowest BCUT2D eigenvalue weighted by Crippen LogP contribution is -2.62. The van der Waals surface area contributed by atoms with Crippen LogP contribution in [-0.4, -0.2) is 180 Å². The second-order valence-corrected chi connectivity index (χ2v) is 23.8. The van der Waals surface area contributed by atoms with E-state index >= 15 is 4.79 Å². The number of benzene rings is 1. The molecule has 1 aliphatic heterocycles. The monoisotopic (exact) mass is 1300 g/mol. The van der Waals surface area contributed by atoms with Crippen LogP contribution in [0.2, 0.25) is 0 Å². The van der Waals surface area contributed by atoms with Gasteiger partial charge in [0.1, 0.15) is 54.4 Å².